The van der Waals surface area contributed by atoms with Gasteiger partial charge in [0.05, 0.1) is 5.92 Å². The van der Waals surface area contributed by atoms with Crippen LogP contribution in [0.3, 0.4) is 0 Å². The fourth-order valence-corrected chi connectivity index (χ4v) is 3.78. The molecule has 0 bridgehead atoms. The SMILES string of the molecule is CCCCC(C(=O)O)C1CCN(CCCc2ccc(F)cc2F)CC1. The van der Waals surface area contributed by atoms with Crippen molar-refractivity contribution in [2.24, 2.45) is 11.8 Å². The Morgan fingerprint density at radius 1 is 1.28 bits per heavy atom. The van der Waals surface area contributed by atoms with Crippen molar-refractivity contribution in [2.45, 2.75) is 51.9 Å². The van der Waals surface area contributed by atoms with E-state index in [-0.39, 0.29) is 11.8 Å². The average molecular weight is 353 g/mol. The molecule has 1 atom stereocenters. The zero-order valence-electron chi connectivity index (χ0n) is 15.0. The van der Waals surface area contributed by atoms with Crippen molar-refractivity contribution in [2.75, 3.05) is 19.6 Å². The van der Waals surface area contributed by atoms with Crippen LogP contribution in [0, 0.1) is 23.5 Å². The highest BCUT2D eigenvalue weighted by Crippen LogP contribution is 2.29. The first-order valence-electron chi connectivity index (χ1n) is 9.40. The molecule has 1 N–H and O–H groups in total. The number of benzene rings is 1. The molecule has 1 saturated heterocycles. The lowest BCUT2D eigenvalue weighted by atomic mass is 9.81. The Kier molecular flexibility index (Phi) is 7.82. The van der Waals surface area contributed by atoms with E-state index in [1.807, 2.05) is 0 Å². The molecule has 2 rings (SSSR count). The number of carboxylic acid groups (broad SMARTS) is 1. The van der Waals surface area contributed by atoms with Crippen molar-refractivity contribution in [3.8, 4) is 0 Å². The van der Waals surface area contributed by atoms with Gasteiger partial charge in [0.15, 0.2) is 0 Å². The van der Waals surface area contributed by atoms with Gasteiger partial charge in [0.1, 0.15) is 11.6 Å². The number of carbonyl (C=O) groups is 1. The van der Waals surface area contributed by atoms with Crippen LogP contribution in [-0.4, -0.2) is 35.6 Å². The molecule has 1 aromatic rings. The second-order valence-electron chi connectivity index (χ2n) is 7.11. The van der Waals surface area contributed by atoms with E-state index in [1.54, 1.807) is 0 Å². The topological polar surface area (TPSA) is 40.5 Å². The molecule has 3 nitrogen and oxygen atoms in total. The summed E-state index contributed by atoms with van der Waals surface area (Å²) in [5.74, 6) is -1.61. The second kappa shape index (κ2) is 9.85. The molecule has 1 fully saturated rings. The maximum absolute atomic E-state index is 13.6. The van der Waals surface area contributed by atoms with Crippen LogP contribution in [0.4, 0.5) is 8.78 Å². The van der Waals surface area contributed by atoms with Gasteiger partial charge in [0, 0.05) is 6.07 Å². The average Bonchev–Trinajstić information content (AvgIpc) is 2.58. The number of aryl methyl sites for hydroxylation is 1. The van der Waals surface area contributed by atoms with Crippen LogP contribution in [-0.2, 0) is 11.2 Å². The molecule has 0 aromatic heterocycles. The highest BCUT2D eigenvalue weighted by Gasteiger charge is 2.30. The first-order valence-corrected chi connectivity index (χ1v) is 9.40. The smallest absolute Gasteiger partial charge is 0.306 e. The van der Waals surface area contributed by atoms with Gasteiger partial charge in [0.25, 0.3) is 0 Å². The minimum atomic E-state index is -0.654. The zero-order valence-corrected chi connectivity index (χ0v) is 15.0. The Labute approximate surface area is 149 Å². The predicted octanol–water partition coefficient (Wildman–Crippen LogP) is 4.50. The maximum atomic E-state index is 13.6. The molecule has 0 radical (unpaired) electrons. The van der Waals surface area contributed by atoms with Crippen molar-refractivity contribution in [1.29, 1.82) is 0 Å². The summed E-state index contributed by atoms with van der Waals surface area (Å²) in [4.78, 5) is 13.8. The molecule has 1 aliphatic heterocycles. The number of piperidine rings is 1. The summed E-state index contributed by atoms with van der Waals surface area (Å²) >= 11 is 0. The van der Waals surface area contributed by atoms with Crippen molar-refractivity contribution < 1.29 is 18.7 Å². The molecule has 1 aromatic carbocycles. The Hall–Kier alpha value is -1.49. The Morgan fingerprint density at radius 3 is 2.60 bits per heavy atom. The maximum Gasteiger partial charge on any atom is 0.306 e. The van der Waals surface area contributed by atoms with Crippen LogP contribution in [0.15, 0.2) is 18.2 Å². The van der Waals surface area contributed by atoms with Crippen LogP contribution in [0.5, 0.6) is 0 Å². The second-order valence-corrected chi connectivity index (χ2v) is 7.11. The summed E-state index contributed by atoms with van der Waals surface area (Å²) in [6.45, 7) is 4.78. The third kappa shape index (κ3) is 6.07. The van der Waals surface area contributed by atoms with Gasteiger partial charge in [-0.1, -0.05) is 25.8 Å². The lowest BCUT2D eigenvalue weighted by Gasteiger charge is -2.34. The number of hydrogen-bond donors (Lipinski definition) is 1. The number of carboxylic acids is 1. The summed E-state index contributed by atoms with van der Waals surface area (Å²) in [6, 6.07) is 3.75. The van der Waals surface area contributed by atoms with E-state index in [0.29, 0.717) is 12.0 Å². The van der Waals surface area contributed by atoms with E-state index in [4.69, 9.17) is 0 Å². The molecular formula is C20H29F2NO2. The molecule has 140 valence electrons. The van der Waals surface area contributed by atoms with Crippen molar-refractivity contribution in [1.82, 2.24) is 4.90 Å². The van der Waals surface area contributed by atoms with Crippen LogP contribution in [0.25, 0.3) is 0 Å². The van der Waals surface area contributed by atoms with Crippen LogP contribution < -0.4 is 0 Å². The Morgan fingerprint density at radius 2 is 2.00 bits per heavy atom. The van der Waals surface area contributed by atoms with E-state index in [1.165, 1.54) is 12.1 Å². The fourth-order valence-electron chi connectivity index (χ4n) is 3.78. The molecule has 25 heavy (non-hydrogen) atoms. The van der Waals surface area contributed by atoms with Gasteiger partial charge >= 0.3 is 5.97 Å². The van der Waals surface area contributed by atoms with Crippen molar-refractivity contribution in [3.05, 3.63) is 35.4 Å². The number of likely N-dealkylation sites (tertiary alicyclic amines) is 1. The number of hydrogen-bond acceptors (Lipinski definition) is 2. The molecule has 1 heterocycles. The highest BCUT2D eigenvalue weighted by atomic mass is 19.1. The molecule has 5 heteroatoms. The lowest BCUT2D eigenvalue weighted by molar-refractivity contribution is -0.144. The van der Waals surface area contributed by atoms with E-state index < -0.39 is 17.6 Å². The van der Waals surface area contributed by atoms with Gasteiger partial charge in [-0.3, -0.25) is 4.79 Å². The third-order valence-electron chi connectivity index (χ3n) is 5.32. The molecule has 0 aliphatic carbocycles. The normalized spacial score (nSPS) is 17.6. The Balaban J connectivity index is 1.73. The number of aliphatic carboxylic acids is 1. The van der Waals surface area contributed by atoms with Crippen LogP contribution >= 0.6 is 0 Å². The minimum absolute atomic E-state index is 0.213. The number of halogens is 2. The van der Waals surface area contributed by atoms with Gasteiger partial charge in [-0.15, -0.1) is 0 Å². The van der Waals surface area contributed by atoms with Crippen molar-refractivity contribution >= 4 is 5.97 Å². The lowest BCUT2D eigenvalue weighted by Crippen LogP contribution is -2.38. The quantitative estimate of drug-likeness (QED) is 0.710. The summed E-state index contributed by atoms with van der Waals surface area (Å²) in [6.07, 6.45) is 6.05. The third-order valence-corrected chi connectivity index (χ3v) is 5.32. The van der Waals surface area contributed by atoms with E-state index in [9.17, 15) is 18.7 Å². The number of unbranched alkanes of at least 4 members (excludes halogenated alkanes) is 1. The molecule has 0 spiro atoms. The van der Waals surface area contributed by atoms with E-state index in [0.717, 1.165) is 64.2 Å². The molecular weight excluding hydrogens is 324 g/mol. The van der Waals surface area contributed by atoms with Gasteiger partial charge in [-0.25, -0.2) is 8.78 Å². The molecule has 1 unspecified atom stereocenters. The molecule has 1 aliphatic rings. The largest absolute Gasteiger partial charge is 0.481 e. The summed E-state index contributed by atoms with van der Waals surface area (Å²) in [5, 5.41) is 9.46. The van der Waals surface area contributed by atoms with Gasteiger partial charge < -0.3 is 10.0 Å². The van der Waals surface area contributed by atoms with Gasteiger partial charge in [-0.2, -0.15) is 0 Å². The van der Waals surface area contributed by atoms with E-state index in [2.05, 4.69) is 11.8 Å². The van der Waals surface area contributed by atoms with E-state index >= 15 is 0 Å². The first-order chi connectivity index (χ1) is 12.0. The predicted molar refractivity (Wildman–Crippen MR) is 94.5 cm³/mol. The van der Waals surface area contributed by atoms with Gasteiger partial charge in [-0.05, 0) is 69.3 Å². The fraction of sp³-hybridized carbons (Fsp3) is 0.650. The molecule has 0 amide bonds. The minimum Gasteiger partial charge on any atom is -0.481 e. The summed E-state index contributed by atoms with van der Waals surface area (Å²) < 4.78 is 26.5. The van der Waals surface area contributed by atoms with Crippen LogP contribution in [0.1, 0.15) is 51.0 Å². The van der Waals surface area contributed by atoms with Crippen LogP contribution in [0.2, 0.25) is 0 Å². The zero-order chi connectivity index (χ0) is 18.2. The van der Waals surface area contributed by atoms with Crippen molar-refractivity contribution in [3.63, 3.8) is 0 Å². The standard InChI is InChI=1S/C20H29F2NO2/c1-2-3-6-18(20(24)25)15-9-12-23(13-10-15)11-4-5-16-7-8-17(21)14-19(16)22/h7-8,14-15,18H,2-6,9-13H2,1H3,(H,24,25). The number of rotatable bonds is 9. The summed E-state index contributed by atoms with van der Waals surface area (Å²) in [5.41, 5.74) is 0.557. The molecule has 0 saturated carbocycles. The monoisotopic (exact) mass is 353 g/mol. The van der Waals surface area contributed by atoms with Gasteiger partial charge in [0.2, 0.25) is 0 Å². The first kappa shape index (κ1) is 19.8. The Bertz CT molecular complexity index is 557. The summed E-state index contributed by atoms with van der Waals surface area (Å²) in [7, 11) is 0. The number of nitrogens with zero attached hydrogens (tertiary/aromatic N) is 1. The highest BCUT2D eigenvalue weighted by molar-refractivity contribution is 5.70.